The lowest BCUT2D eigenvalue weighted by atomic mass is 9.98. The minimum Gasteiger partial charge on any atom is -0.481 e. The predicted molar refractivity (Wildman–Crippen MR) is 125 cm³/mol. The van der Waals surface area contributed by atoms with Crippen LogP contribution in [0.15, 0.2) is 72.8 Å². The number of carbonyl (C=O) groups excluding carboxylic acids is 1. The monoisotopic (exact) mass is 443 g/mol. The summed E-state index contributed by atoms with van der Waals surface area (Å²) < 4.78 is 10.7. The highest BCUT2D eigenvalue weighted by atomic mass is 16.5. The zero-order valence-corrected chi connectivity index (χ0v) is 18.0. The van der Waals surface area contributed by atoms with Gasteiger partial charge in [0.05, 0.1) is 0 Å². The van der Waals surface area contributed by atoms with Crippen molar-refractivity contribution in [3.63, 3.8) is 0 Å². The third kappa shape index (κ3) is 5.01. The van der Waals surface area contributed by atoms with Gasteiger partial charge in [0.2, 0.25) is 0 Å². The van der Waals surface area contributed by atoms with E-state index in [9.17, 15) is 15.0 Å². The van der Waals surface area contributed by atoms with Crippen LogP contribution in [0.5, 0.6) is 5.75 Å². The van der Waals surface area contributed by atoms with Gasteiger partial charge in [-0.15, -0.1) is 6.42 Å². The predicted octanol–water partition coefficient (Wildman–Crippen LogP) is 3.63. The number of fused-ring (bicyclic) bond motifs is 3. The van der Waals surface area contributed by atoms with E-state index in [2.05, 4.69) is 23.4 Å². The van der Waals surface area contributed by atoms with Crippen LogP contribution < -0.4 is 10.1 Å². The van der Waals surface area contributed by atoms with Gasteiger partial charge in [-0.1, -0.05) is 66.6 Å². The average molecular weight is 443 g/mol. The van der Waals surface area contributed by atoms with Crippen LogP contribution in [0.1, 0.15) is 28.7 Å². The zero-order chi connectivity index (χ0) is 23.2. The summed E-state index contributed by atoms with van der Waals surface area (Å²) in [6.07, 6.45) is 2.12. The van der Waals surface area contributed by atoms with E-state index < -0.39 is 18.3 Å². The van der Waals surface area contributed by atoms with Gasteiger partial charge in [-0.3, -0.25) is 0 Å². The van der Waals surface area contributed by atoms with Crippen LogP contribution in [-0.4, -0.2) is 42.2 Å². The molecule has 2 unspecified atom stereocenters. The topological polar surface area (TPSA) is 88.0 Å². The van der Waals surface area contributed by atoms with Crippen molar-refractivity contribution in [1.29, 1.82) is 0 Å². The van der Waals surface area contributed by atoms with Crippen molar-refractivity contribution in [2.45, 2.75) is 18.1 Å². The highest BCUT2D eigenvalue weighted by molar-refractivity contribution is 5.79. The molecule has 0 saturated carbocycles. The summed E-state index contributed by atoms with van der Waals surface area (Å²) in [5.41, 5.74) is 5.03. The summed E-state index contributed by atoms with van der Waals surface area (Å²) in [4.78, 5) is 12.3. The summed E-state index contributed by atoms with van der Waals surface area (Å²) >= 11 is 0. The molecule has 33 heavy (non-hydrogen) atoms. The molecule has 3 N–H and O–H groups in total. The fourth-order valence-corrected chi connectivity index (χ4v) is 4.06. The van der Waals surface area contributed by atoms with Crippen LogP contribution in [0.3, 0.4) is 0 Å². The van der Waals surface area contributed by atoms with E-state index >= 15 is 0 Å². The summed E-state index contributed by atoms with van der Waals surface area (Å²) in [6, 6.07) is 22.7. The first-order valence-electron chi connectivity index (χ1n) is 10.7. The molecule has 0 heterocycles. The molecule has 3 aromatic carbocycles. The lowest BCUT2D eigenvalue weighted by Gasteiger charge is -2.19. The number of hydrogen-bond donors (Lipinski definition) is 3. The fourth-order valence-electron chi connectivity index (χ4n) is 4.06. The summed E-state index contributed by atoms with van der Waals surface area (Å²) in [6.45, 7) is 0.166. The summed E-state index contributed by atoms with van der Waals surface area (Å²) in [7, 11) is 0. The van der Waals surface area contributed by atoms with Crippen LogP contribution in [0, 0.1) is 12.3 Å². The van der Waals surface area contributed by atoms with Crippen molar-refractivity contribution < 1.29 is 24.5 Å². The van der Waals surface area contributed by atoms with E-state index in [4.69, 9.17) is 15.9 Å². The largest absolute Gasteiger partial charge is 0.481 e. The van der Waals surface area contributed by atoms with Gasteiger partial charge in [-0.05, 0) is 39.9 Å². The molecule has 2 atom stereocenters. The number of ether oxygens (including phenoxy) is 2. The van der Waals surface area contributed by atoms with Gasteiger partial charge in [0.25, 0.3) is 0 Å². The Bertz CT molecular complexity index is 1110. The summed E-state index contributed by atoms with van der Waals surface area (Å²) in [5, 5.41) is 23.2. The molecular formula is C27H25NO5. The van der Waals surface area contributed by atoms with Crippen molar-refractivity contribution in [3.05, 3.63) is 89.5 Å². The van der Waals surface area contributed by atoms with Crippen molar-refractivity contribution in [1.82, 2.24) is 5.32 Å². The summed E-state index contributed by atoms with van der Waals surface area (Å²) in [5.74, 6) is 2.89. The van der Waals surface area contributed by atoms with E-state index in [1.54, 1.807) is 24.3 Å². The standard InChI is InChI=1S/C27H25NO5/c1-2-15-32-19-13-11-18(12-14-19)26(30)25(29)16-28-27(31)33-17-24-22-9-5-3-7-20(22)21-8-4-6-10-23(21)24/h1,3-14,24-26,29-30H,15-17H2,(H,28,31). The number of alkyl carbamates (subject to hydrolysis) is 1. The number of aliphatic hydroxyl groups excluding tert-OH is 2. The van der Waals surface area contributed by atoms with Crippen LogP contribution in [0.4, 0.5) is 4.79 Å². The van der Waals surface area contributed by atoms with E-state index in [0.717, 1.165) is 22.3 Å². The number of aliphatic hydroxyl groups is 2. The SMILES string of the molecule is C#CCOc1ccc(C(O)C(O)CNC(=O)OCC2c3ccccc3-c3ccccc32)cc1. The van der Waals surface area contributed by atoms with Crippen LogP contribution in [0.25, 0.3) is 11.1 Å². The van der Waals surface area contributed by atoms with Crippen LogP contribution >= 0.6 is 0 Å². The molecule has 0 radical (unpaired) electrons. The van der Waals surface area contributed by atoms with Gasteiger partial charge in [-0.25, -0.2) is 4.79 Å². The fraction of sp³-hybridized carbons (Fsp3) is 0.222. The molecule has 1 aliphatic rings. The van der Waals surface area contributed by atoms with Gasteiger partial charge in [-0.2, -0.15) is 0 Å². The number of benzene rings is 3. The Labute approximate surface area is 192 Å². The van der Waals surface area contributed by atoms with Gasteiger partial charge < -0.3 is 25.0 Å². The lowest BCUT2D eigenvalue weighted by molar-refractivity contribution is 0.0185. The first kappa shape index (κ1) is 22.4. The van der Waals surface area contributed by atoms with Gasteiger partial charge >= 0.3 is 6.09 Å². The third-order valence-corrected chi connectivity index (χ3v) is 5.71. The Balaban J connectivity index is 1.30. The number of nitrogens with one attached hydrogen (secondary N) is 1. The number of rotatable bonds is 8. The number of hydrogen-bond acceptors (Lipinski definition) is 5. The van der Waals surface area contributed by atoms with Gasteiger partial charge in [0, 0.05) is 12.5 Å². The molecule has 6 nitrogen and oxygen atoms in total. The smallest absolute Gasteiger partial charge is 0.407 e. The van der Waals surface area contributed by atoms with E-state index in [0.29, 0.717) is 11.3 Å². The normalized spacial score (nSPS) is 13.8. The third-order valence-electron chi connectivity index (χ3n) is 5.71. The number of terminal acetylenes is 1. The molecule has 1 aliphatic carbocycles. The Morgan fingerprint density at radius 1 is 0.970 bits per heavy atom. The average Bonchev–Trinajstić information content (AvgIpc) is 3.18. The first-order valence-corrected chi connectivity index (χ1v) is 10.7. The van der Waals surface area contributed by atoms with E-state index in [-0.39, 0.29) is 25.7 Å². The van der Waals surface area contributed by atoms with Gasteiger partial charge in [0.15, 0.2) is 0 Å². The van der Waals surface area contributed by atoms with Crippen molar-refractivity contribution in [2.24, 2.45) is 0 Å². The molecule has 0 saturated heterocycles. The minimum absolute atomic E-state index is 0.0473. The number of carbonyl (C=O) groups is 1. The second-order valence-corrected chi connectivity index (χ2v) is 7.78. The highest BCUT2D eigenvalue weighted by Gasteiger charge is 2.29. The van der Waals surface area contributed by atoms with E-state index in [1.807, 2.05) is 36.4 Å². The second kappa shape index (κ2) is 10.2. The highest BCUT2D eigenvalue weighted by Crippen LogP contribution is 2.44. The Morgan fingerprint density at radius 2 is 1.58 bits per heavy atom. The first-order chi connectivity index (χ1) is 16.1. The molecule has 0 aromatic heterocycles. The van der Waals surface area contributed by atoms with E-state index in [1.165, 1.54) is 0 Å². The quantitative estimate of drug-likeness (QED) is 0.463. The number of amides is 1. The molecule has 168 valence electrons. The molecule has 6 heteroatoms. The minimum atomic E-state index is -1.21. The van der Waals surface area contributed by atoms with Crippen LogP contribution in [0.2, 0.25) is 0 Å². The Kier molecular flexibility index (Phi) is 6.94. The molecular weight excluding hydrogens is 418 g/mol. The maximum Gasteiger partial charge on any atom is 0.407 e. The molecule has 0 fully saturated rings. The molecule has 0 spiro atoms. The Morgan fingerprint density at radius 3 is 2.18 bits per heavy atom. The molecule has 1 amide bonds. The van der Waals surface area contributed by atoms with Crippen molar-refractivity contribution in [3.8, 4) is 29.2 Å². The van der Waals surface area contributed by atoms with Crippen LogP contribution in [-0.2, 0) is 4.74 Å². The molecule has 0 aliphatic heterocycles. The van der Waals surface area contributed by atoms with Crippen molar-refractivity contribution >= 4 is 6.09 Å². The maximum atomic E-state index is 12.3. The maximum absolute atomic E-state index is 12.3. The zero-order valence-electron chi connectivity index (χ0n) is 18.0. The Hall–Kier alpha value is -3.79. The second-order valence-electron chi connectivity index (χ2n) is 7.78. The molecule has 0 bridgehead atoms. The lowest BCUT2D eigenvalue weighted by Crippen LogP contribution is -2.36. The molecule has 3 aromatic rings. The van der Waals surface area contributed by atoms with Gasteiger partial charge in [0.1, 0.15) is 31.2 Å². The van der Waals surface area contributed by atoms with Crippen molar-refractivity contribution in [2.75, 3.05) is 19.8 Å². The molecule has 4 rings (SSSR count).